The third-order valence-corrected chi connectivity index (χ3v) is 7.81. The van der Waals surface area contributed by atoms with Crippen molar-refractivity contribution in [3.63, 3.8) is 0 Å². The van der Waals surface area contributed by atoms with E-state index >= 15 is 0 Å². The van der Waals surface area contributed by atoms with Crippen LogP contribution in [0.5, 0.6) is 0 Å². The number of hydrogen-bond donors (Lipinski definition) is 2. The Morgan fingerprint density at radius 2 is 0.791 bits per heavy atom. The molecule has 4 nitrogen and oxygen atoms in total. The lowest BCUT2D eigenvalue weighted by molar-refractivity contribution is -0.160. The van der Waals surface area contributed by atoms with Crippen molar-refractivity contribution in [2.75, 3.05) is 19.8 Å². The summed E-state index contributed by atoms with van der Waals surface area (Å²) >= 11 is 0. The first-order chi connectivity index (χ1) is 21.3. The average molecular weight is 604 g/mol. The first kappa shape index (κ1) is 41.8. The Labute approximate surface area is 268 Å². The van der Waals surface area contributed by atoms with Gasteiger partial charge in [-0.2, -0.15) is 0 Å². The zero-order chi connectivity index (χ0) is 31.3. The summed E-state index contributed by atoms with van der Waals surface area (Å²) < 4.78 is 11.8. The topological polar surface area (TPSA) is 64.7 Å². The van der Waals surface area contributed by atoms with E-state index < -0.39 is 12.3 Å². The molecular weight excluding hydrogens is 530 g/mol. The maximum Gasteiger partial charge on any atom is 0.174 e. The lowest BCUT2D eigenvalue weighted by Crippen LogP contribution is -2.42. The SMILES string of the molecule is CCCCC/C=C\C/C=C\CCCCCCCCOC(OCCCCCCCC/C=C\C/C=C\CCCCC)[C@@H](N)CO. The quantitative estimate of drug-likeness (QED) is 0.0436. The summed E-state index contributed by atoms with van der Waals surface area (Å²) in [6.07, 6.45) is 47.6. The molecule has 1 atom stereocenters. The molecule has 0 unspecified atom stereocenters. The molecule has 3 N–H and O–H groups in total. The van der Waals surface area contributed by atoms with Crippen molar-refractivity contribution in [1.29, 1.82) is 0 Å². The van der Waals surface area contributed by atoms with Crippen LogP contribution in [0, 0.1) is 0 Å². The number of hydrogen-bond acceptors (Lipinski definition) is 4. The van der Waals surface area contributed by atoms with Crippen LogP contribution in [0.15, 0.2) is 48.6 Å². The number of rotatable bonds is 34. The molecule has 0 spiro atoms. The molecular formula is C39H73NO3. The molecule has 0 radical (unpaired) electrons. The van der Waals surface area contributed by atoms with Crippen molar-refractivity contribution in [3.8, 4) is 0 Å². The number of nitrogens with two attached hydrogens (primary N) is 1. The standard InChI is InChI=1S/C39H73NO3/c1-3-5-7-9-11-13-15-17-19-21-23-25-27-29-31-33-35-42-39(38(40)37-41)43-36-34-32-30-28-26-24-22-20-18-16-14-12-10-8-6-4-2/h11-14,17-20,38-39,41H,3-10,15-16,21-37,40H2,1-2H3/b13-11-,14-12-,19-17-,20-18-/t38-/m0/s1. The molecule has 252 valence electrons. The Morgan fingerprint density at radius 3 is 1.14 bits per heavy atom. The van der Waals surface area contributed by atoms with E-state index in [9.17, 15) is 5.11 Å². The maximum absolute atomic E-state index is 9.49. The summed E-state index contributed by atoms with van der Waals surface area (Å²) in [5.41, 5.74) is 6.04. The van der Waals surface area contributed by atoms with Crippen LogP contribution in [0.4, 0.5) is 0 Å². The van der Waals surface area contributed by atoms with Crippen LogP contribution in [-0.4, -0.2) is 37.3 Å². The highest BCUT2D eigenvalue weighted by Crippen LogP contribution is 2.12. The van der Waals surface area contributed by atoms with Crippen LogP contribution in [0.2, 0.25) is 0 Å². The fourth-order valence-corrected chi connectivity index (χ4v) is 4.96. The van der Waals surface area contributed by atoms with Gasteiger partial charge in [-0.05, 0) is 77.0 Å². The van der Waals surface area contributed by atoms with Crippen LogP contribution in [0.25, 0.3) is 0 Å². The predicted octanol–water partition coefficient (Wildman–Crippen LogP) is 11.3. The molecule has 0 aliphatic rings. The van der Waals surface area contributed by atoms with Crippen molar-refractivity contribution in [2.45, 2.75) is 180 Å². The lowest BCUT2D eigenvalue weighted by atomic mass is 10.1. The predicted molar refractivity (Wildman–Crippen MR) is 189 cm³/mol. The van der Waals surface area contributed by atoms with Gasteiger partial charge in [0, 0.05) is 13.2 Å². The third kappa shape index (κ3) is 33.5. The van der Waals surface area contributed by atoms with E-state index in [1.54, 1.807) is 0 Å². The van der Waals surface area contributed by atoms with E-state index in [1.807, 2.05) is 0 Å². The summed E-state index contributed by atoms with van der Waals surface area (Å²) in [5.74, 6) is 0. The molecule has 0 aromatic heterocycles. The Kier molecular flexibility index (Phi) is 36.0. The van der Waals surface area contributed by atoms with Gasteiger partial charge in [-0.1, -0.05) is 140 Å². The number of unbranched alkanes of at least 4 members (excludes halogenated alkanes) is 18. The van der Waals surface area contributed by atoms with Crippen LogP contribution in [0.3, 0.4) is 0 Å². The van der Waals surface area contributed by atoms with Crippen LogP contribution in [-0.2, 0) is 9.47 Å². The average Bonchev–Trinajstić information content (AvgIpc) is 3.02. The summed E-state index contributed by atoms with van der Waals surface area (Å²) in [7, 11) is 0. The molecule has 0 aliphatic carbocycles. The van der Waals surface area contributed by atoms with Crippen molar-refractivity contribution in [1.82, 2.24) is 0 Å². The van der Waals surface area contributed by atoms with Gasteiger partial charge in [-0.25, -0.2) is 0 Å². The van der Waals surface area contributed by atoms with Crippen LogP contribution in [0.1, 0.15) is 168 Å². The van der Waals surface area contributed by atoms with E-state index in [0.29, 0.717) is 13.2 Å². The Balaban J connectivity index is 3.61. The summed E-state index contributed by atoms with van der Waals surface area (Å²) in [6.45, 7) is 5.69. The van der Waals surface area contributed by atoms with Gasteiger partial charge in [0.1, 0.15) is 0 Å². The second-order valence-corrected chi connectivity index (χ2v) is 12.1. The molecule has 4 heteroatoms. The van der Waals surface area contributed by atoms with E-state index in [-0.39, 0.29) is 6.61 Å². The largest absolute Gasteiger partial charge is 0.395 e. The molecule has 0 heterocycles. The summed E-state index contributed by atoms with van der Waals surface area (Å²) in [4.78, 5) is 0. The first-order valence-electron chi connectivity index (χ1n) is 18.5. The van der Waals surface area contributed by atoms with Gasteiger partial charge >= 0.3 is 0 Å². The minimum absolute atomic E-state index is 0.113. The summed E-state index contributed by atoms with van der Waals surface area (Å²) in [6, 6.07) is -0.478. The van der Waals surface area contributed by atoms with Crippen molar-refractivity contribution in [3.05, 3.63) is 48.6 Å². The molecule has 0 saturated heterocycles. The molecule has 0 aromatic rings. The molecule has 0 rings (SSSR count). The molecule has 43 heavy (non-hydrogen) atoms. The van der Waals surface area contributed by atoms with Crippen LogP contribution < -0.4 is 5.73 Å². The van der Waals surface area contributed by atoms with Crippen molar-refractivity contribution in [2.24, 2.45) is 5.73 Å². The highest BCUT2D eigenvalue weighted by atomic mass is 16.7. The highest BCUT2D eigenvalue weighted by Gasteiger charge is 2.18. The molecule has 0 bridgehead atoms. The van der Waals surface area contributed by atoms with Gasteiger partial charge in [-0.15, -0.1) is 0 Å². The second-order valence-electron chi connectivity index (χ2n) is 12.1. The summed E-state index contributed by atoms with van der Waals surface area (Å²) in [5, 5.41) is 9.49. The number of allylic oxidation sites excluding steroid dienone is 8. The zero-order valence-electron chi connectivity index (χ0n) is 28.7. The number of aliphatic hydroxyl groups excluding tert-OH is 1. The normalized spacial score (nSPS) is 13.2. The van der Waals surface area contributed by atoms with E-state index in [4.69, 9.17) is 15.2 Å². The molecule has 0 saturated carbocycles. The first-order valence-corrected chi connectivity index (χ1v) is 18.5. The maximum atomic E-state index is 9.49. The zero-order valence-corrected chi connectivity index (χ0v) is 28.7. The Morgan fingerprint density at radius 1 is 0.465 bits per heavy atom. The lowest BCUT2D eigenvalue weighted by Gasteiger charge is -2.23. The van der Waals surface area contributed by atoms with E-state index in [2.05, 4.69) is 62.5 Å². The highest BCUT2D eigenvalue weighted by molar-refractivity contribution is 4.93. The van der Waals surface area contributed by atoms with Gasteiger partial charge in [0.25, 0.3) is 0 Å². The van der Waals surface area contributed by atoms with Gasteiger partial charge in [0.05, 0.1) is 12.6 Å². The number of ether oxygens (including phenoxy) is 2. The van der Waals surface area contributed by atoms with Crippen molar-refractivity contribution >= 4 is 0 Å². The van der Waals surface area contributed by atoms with Gasteiger partial charge < -0.3 is 20.3 Å². The van der Waals surface area contributed by atoms with Gasteiger partial charge in [-0.3, -0.25) is 0 Å². The fraction of sp³-hybridized carbons (Fsp3) is 0.795. The second kappa shape index (κ2) is 37.0. The van der Waals surface area contributed by atoms with Gasteiger partial charge in [0.15, 0.2) is 6.29 Å². The monoisotopic (exact) mass is 604 g/mol. The minimum Gasteiger partial charge on any atom is -0.395 e. The van der Waals surface area contributed by atoms with Crippen molar-refractivity contribution < 1.29 is 14.6 Å². The van der Waals surface area contributed by atoms with E-state index in [1.165, 1.54) is 128 Å². The third-order valence-electron chi connectivity index (χ3n) is 7.81. The minimum atomic E-state index is -0.499. The molecule has 0 fully saturated rings. The van der Waals surface area contributed by atoms with Crippen LogP contribution >= 0.6 is 0 Å². The molecule has 0 amide bonds. The fourth-order valence-electron chi connectivity index (χ4n) is 4.96. The Hall–Kier alpha value is -1.20. The number of aliphatic hydroxyl groups is 1. The Bertz CT molecular complexity index is 592. The smallest absolute Gasteiger partial charge is 0.174 e. The molecule has 0 aliphatic heterocycles. The molecule has 0 aromatic carbocycles. The van der Waals surface area contributed by atoms with E-state index in [0.717, 1.165) is 25.7 Å². The van der Waals surface area contributed by atoms with Gasteiger partial charge in [0.2, 0.25) is 0 Å².